The number of amides is 1. The molecule has 5 heteroatoms. The highest BCUT2D eigenvalue weighted by atomic mass is 16.2. The van der Waals surface area contributed by atoms with Gasteiger partial charge in [0.15, 0.2) is 0 Å². The third-order valence-electron chi connectivity index (χ3n) is 3.78. The number of anilines is 2. The van der Waals surface area contributed by atoms with Crippen molar-refractivity contribution in [3.8, 4) is 0 Å². The molecule has 0 atom stereocenters. The van der Waals surface area contributed by atoms with Gasteiger partial charge in [0, 0.05) is 24.1 Å². The van der Waals surface area contributed by atoms with E-state index in [0.717, 1.165) is 24.2 Å². The molecule has 0 radical (unpaired) electrons. The van der Waals surface area contributed by atoms with Gasteiger partial charge in [0.2, 0.25) is 0 Å². The first kappa shape index (κ1) is 13.6. The van der Waals surface area contributed by atoms with Gasteiger partial charge in [-0.15, -0.1) is 0 Å². The Kier molecular flexibility index (Phi) is 3.58. The summed E-state index contributed by atoms with van der Waals surface area (Å²) >= 11 is 0. The number of fused-ring (bicyclic) bond motifs is 1. The number of para-hydroxylation sites is 1. The van der Waals surface area contributed by atoms with E-state index in [1.807, 2.05) is 30.0 Å². The summed E-state index contributed by atoms with van der Waals surface area (Å²) in [5.74, 6) is 5.47. The topological polar surface area (TPSA) is 71.2 Å². The molecule has 0 unspecified atom stereocenters. The van der Waals surface area contributed by atoms with Crippen LogP contribution in [-0.4, -0.2) is 17.4 Å². The van der Waals surface area contributed by atoms with Crippen molar-refractivity contribution in [2.24, 2.45) is 5.84 Å². The number of nitrogen functional groups attached to an aromatic ring is 1. The first-order valence-electron chi connectivity index (χ1n) is 7.03. The fraction of sp³-hybridized carbons (Fsp3) is 0.250. The monoisotopic (exact) mass is 282 g/mol. The molecule has 2 aromatic rings. The van der Waals surface area contributed by atoms with Crippen molar-refractivity contribution < 1.29 is 4.79 Å². The Labute approximate surface area is 123 Å². The van der Waals surface area contributed by atoms with E-state index in [9.17, 15) is 4.79 Å². The van der Waals surface area contributed by atoms with Gasteiger partial charge < -0.3 is 10.3 Å². The predicted octanol–water partition coefficient (Wildman–Crippen LogP) is 2.27. The van der Waals surface area contributed by atoms with Gasteiger partial charge in [0.1, 0.15) is 0 Å². The first-order chi connectivity index (χ1) is 10.2. The van der Waals surface area contributed by atoms with Gasteiger partial charge >= 0.3 is 0 Å². The Hall–Kier alpha value is -2.40. The number of benzene rings is 1. The van der Waals surface area contributed by atoms with Crippen LogP contribution in [0.1, 0.15) is 28.0 Å². The van der Waals surface area contributed by atoms with Crippen molar-refractivity contribution in [1.82, 2.24) is 4.98 Å². The maximum Gasteiger partial charge on any atom is 0.262 e. The van der Waals surface area contributed by atoms with Crippen LogP contribution in [0.3, 0.4) is 0 Å². The van der Waals surface area contributed by atoms with Crippen LogP contribution in [0.25, 0.3) is 0 Å². The summed E-state index contributed by atoms with van der Waals surface area (Å²) in [6.45, 7) is 2.58. The molecule has 108 valence electrons. The van der Waals surface area contributed by atoms with Crippen molar-refractivity contribution in [3.63, 3.8) is 0 Å². The zero-order valence-corrected chi connectivity index (χ0v) is 12.0. The molecule has 1 amide bonds. The average Bonchev–Trinajstić information content (AvgIpc) is 2.53. The average molecular weight is 282 g/mol. The minimum absolute atomic E-state index is 0.0670. The highest BCUT2D eigenvalue weighted by Gasteiger charge is 2.25. The maximum absolute atomic E-state index is 12.8. The van der Waals surface area contributed by atoms with E-state index in [-0.39, 0.29) is 5.91 Å². The number of carbonyl (C=O) groups is 1. The third kappa shape index (κ3) is 2.48. The normalized spacial score (nSPS) is 13.7. The number of hydrazine groups is 1. The molecule has 0 saturated carbocycles. The van der Waals surface area contributed by atoms with E-state index in [4.69, 9.17) is 5.84 Å². The number of carbonyl (C=O) groups excluding carboxylic acids is 1. The molecular formula is C16H18N4O. The second-order valence-corrected chi connectivity index (χ2v) is 5.20. The SMILES string of the molecule is Cc1cc(NN)c(C(=O)N2CCCc3ccccc32)cn1. The highest BCUT2D eigenvalue weighted by molar-refractivity contribution is 6.09. The largest absolute Gasteiger partial charge is 0.323 e. The van der Waals surface area contributed by atoms with E-state index in [2.05, 4.69) is 16.5 Å². The van der Waals surface area contributed by atoms with Gasteiger partial charge in [-0.3, -0.25) is 15.6 Å². The number of nitrogens with zero attached hydrogens (tertiary/aromatic N) is 2. The van der Waals surface area contributed by atoms with Crippen LogP contribution in [0.15, 0.2) is 36.5 Å². The summed E-state index contributed by atoms with van der Waals surface area (Å²) in [6.07, 6.45) is 3.56. The Morgan fingerprint density at radius 1 is 1.38 bits per heavy atom. The molecule has 1 aliphatic rings. The molecule has 0 saturated heterocycles. The van der Waals surface area contributed by atoms with Gasteiger partial charge in [-0.2, -0.15) is 0 Å². The Morgan fingerprint density at radius 2 is 2.19 bits per heavy atom. The van der Waals surface area contributed by atoms with E-state index < -0.39 is 0 Å². The van der Waals surface area contributed by atoms with Gasteiger partial charge in [-0.25, -0.2) is 0 Å². The molecule has 2 heterocycles. The van der Waals surface area contributed by atoms with Crippen LogP contribution in [0.2, 0.25) is 0 Å². The molecule has 21 heavy (non-hydrogen) atoms. The van der Waals surface area contributed by atoms with E-state index in [0.29, 0.717) is 17.8 Å². The number of nitrogens with two attached hydrogens (primary N) is 1. The lowest BCUT2D eigenvalue weighted by molar-refractivity contribution is 0.0985. The molecule has 3 rings (SSSR count). The lowest BCUT2D eigenvalue weighted by Gasteiger charge is -2.30. The molecule has 0 aliphatic carbocycles. The predicted molar refractivity (Wildman–Crippen MR) is 83.2 cm³/mol. The Morgan fingerprint density at radius 3 is 3.00 bits per heavy atom. The molecule has 1 aromatic heterocycles. The number of rotatable bonds is 2. The summed E-state index contributed by atoms with van der Waals surface area (Å²) in [4.78, 5) is 18.9. The van der Waals surface area contributed by atoms with Crippen LogP contribution in [-0.2, 0) is 6.42 Å². The summed E-state index contributed by atoms with van der Waals surface area (Å²) in [6, 6.07) is 9.81. The van der Waals surface area contributed by atoms with Gasteiger partial charge in [-0.05, 0) is 37.5 Å². The number of pyridine rings is 1. The second kappa shape index (κ2) is 5.54. The zero-order valence-electron chi connectivity index (χ0n) is 12.0. The lowest BCUT2D eigenvalue weighted by atomic mass is 10.0. The summed E-state index contributed by atoms with van der Waals surface area (Å²) in [5, 5.41) is 0. The third-order valence-corrected chi connectivity index (χ3v) is 3.78. The summed E-state index contributed by atoms with van der Waals surface area (Å²) in [5.41, 5.74) is 6.71. The second-order valence-electron chi connectivity index (χ2n) is 5.20. The van der Waals surface area contributed by atoms with Crippen LogP contribution in [0.4, 0.5) is 11.4 Å². The van der Waals surface area contributed by atoms with Crippen molar-refractivity contribution in [3.05, 3.63) is 53.3 Å². The summed E-state index contributed by atoms with van der Waals surface area (Å²) in [7, 11) is 0. The highest BCUT2D eigenvalue weighted by Crippen LogP contribution is 2.29. The maximum atomic E-state index is 12.8. The fourth-order valence-corrected chi connectivity index (χ4v) is 2.74. The molecule has 1 aliphatic heterocycles. The standard InChI is InChI=1S/C16H18N4O/c1-11-9-14(19-17)13(10-18-11)16(21)20-8-4-6-12-5-2-3-7-15(12)20/h2-3,5,7,9-10H,4,6,8,17H2,1H3,(H,18,19). The van der Waals surface area contributed by atoms with Crippen molar-refractivity contribution in [2.75, 3.05) is 16.9 Å². The van der Waals surface area contributed by atoms with Gasteiger partial charge in [0.05, 0.1) is 11.3 Å². The van der Waals surface area contributed by atoms with Crippen molar-refractivity contribution >= 4 is 17.3 Å². The fourth-order valence-electron chi connectivity index (χ4n) is 2.74. The van der Waals surface area contributed by atoms with Crippen molar-refractivity contribution in [1.29, 1.82) is 0 Å². The van der Waals surface area contributed by atoms with Crippen LogP contribution in [0, 0.1) is 6.92 Å². The smallest absolute Gasteiger partial charge is 0.262 e. The molecule has 0 spiro atoms. The Bertz CT molecular complexity index is 684. The summed E-state index contributed by atoms with van der Waals surface area (Å²) < 4.78 is 0. The quantitative estimate of drug-likeness (QED) is 0.655. The van der Waals surface area contributed by atoms with Gasteiger partial charge in [0.25, 0.3) is 5.91 Å². The molecule has 3 N–H and O–H groups in total. The zero-order chi connectivity index (χ0) is 14.8. The molecule has 0 fully saturated rings. The number of aryl methyl sites for hydroxylation is 2. The van der Waals surface area contributed by atoms with E-state index >= 15 is 0 Å². The minimum atomic E-state index is -0.0670. The number of hydrogen-bond donors (Lipinski definition) is 2. The number of aromatic nitrogens is 1. The van der Waals surface area contributed by atoms with Crippen LogP contribution < -0.4 is 16.2 Å². The molecule has 0 bridgehead atoms. The van der Waals surface area contributed by atoms with E-state index in [1.165, 1.54) is 5.56 Å². The van der Waals surface area contributed by atoms with Gasteiger partial charge in [-0.1, -0.05) is 18.2 Å². The molecular weight excluding hydrogens is 264 g/mol. The first-order valence-corrected chi connectivity index (χ1v) is 7.03. The lowest BCUT2D eigenvalue weighted by Crippen LogP contribution is -2.36. The molecule has 5 nitrogen and oxygen atoms in total. The number of nitrogens with one attached hydrogen (secondary N) is 1. The van der Waals surface area contributed by atoms with E-state index in [1.54, 1.807) is 12.3 Å². The van der Waals surface area contributed by atoms with Crippen LogP contribution in [0.5, 0.6) is 0 Å². The molecule has 1 aromatic carbocycles. The minimum Gasteiger partial charge on any atom is -0.323 e. The van der Waals surface area contributed by atoms with Crippen molar-refractivity contribution in [2.45, 2.75) is 19.8 Å². The van der Waals surface area contributed by atoms with Crippen LogP contribution >= 0.6 is 0 Å². The Balaban J connectivity index is 2.00. The number of hydrogen-bond acceptors (Lipinski definition) is 4.